The maximum Gasteiger partial charge on any atom is 0.270 e. The molecule has 1 amide bonds. The van der Waals surface area contributed by atoms with Gasteiger partial charge in [0.2, 0.25) is 5.91 Å². The first-order chi connectivity index (χ1) is 9.88. The summed E-state index contributed by atoms with van der Waals surface area (Å²) in [5.74, 6) is 0.289. The molecule has 0 spiro atoms. The molecule has 0 bridgehead atoms. The average molecular weight is 351 g/mol. The number of non-ortho nitro benzene ring substituents is 1. The van der Waals surface area contributed by atoms with E-state index in [9.17, 15) is 14.9 Å². The van der Waals surface area contributed by atoms with Gasteiger partial charge in [-0.15, -0.1) is 0 Å². The van der Waals surface area contributed by atoms with E-state index in [2.05, 4.69) is 15.9 Å². The standard InChI is InChI=1S/C14H11BrN2O4/c1-8-2-3-9(17(19)20)6-11(8)14-12(15)7-10(21-14)4-5-13(16)18/h2-7H,1H3,(H2,16,18)/b5-4+. The molecule has 0 saturated heterocycles. The van der Waals surface area contributed by atoms with E-state index >= 15 is 0 Å². The highest BCUT2D eigenvalue weighted by Gasteiger charge is 2.16. The molecule has 0 radical (unpaired) electrons. The van der Waals surface area contributed by atoms with Crippen LogP contribution in [0.1, 0.15) is 11.3 Å². The highest BCUT2D eigenvalue weighted by Crippen LogP contribution is 2.35. The summed E-state index contributed by atoms with van der Waals surface area (Å²) in [5.41, 5.74) is 6.44. The van der Waals surface area contributed by atoms with Gasteiger partial charge in [-0.3, -0.25) is 14.9 Å². The summed E-state index contributed by atoms with van der Waals surface area (Å²) in [6.07, 6.45) is 2.61. The van der Waals surface area contributed by atoms with Crippen molar-refractivity contribution in [3.8, 4) is 11.3 Å². The topological polar surface area (TPSA) is 99.4 Å². The van der Waals surface area contributed by atoms with E-state index in [1.165, 1.54) is 24.3 Å². The molecule has 108 valence electrons. The molecular formula is C14H11BrN2O4. The van der Waals surface area contributed by atoms with Crippen molar-refractivity contribution in [2.45, 2.75) is 6.92 Å². The number of nitro groups is 1. The zero-order chi connectivity index (χ0) is 15.6. The van der Waals surface area contributed by atoms with Crippen LogP contribution in [-0.2, 0) is 4.79 Å². The number of carbonyl (C=O) groups is 1. The summed E-state index contributed by atoms with van der Waals surface area (Å²) in [5, 5.41) is 10.9. The molecule has 0 fully saturated rings. The van der Waals surface area contributed by atoms with E-state index in [0.717, 1.165) is 5.56 Å². The van der Waals surface area contributed by atoms with Crippen LogP contribution in [0, 0.1) is 17.0 Å². The van der Waals surface area contributed by atoms with Crippen molar-refractivity contribution in [2.75, 3.05) is 0 Å². The van der Waals surface area contributed by atoms with Crippen molar-refractivity contribution in [1.82, 2.24) is 0 Å². The van der Waals surface area contributed by atoms with Crippen LogP contribution in [0.15, 0.2) is 39.2 Å². The summed E-state index contributed by atoms with van der Waals surface area (Å²) in [4.78, 5) is 21.1. The Morgan fingerprint density at radius 1 is 1.43 bits per heavy atom. The van der Waals surface area contributed by atoms with Gasteiger partial charge in [0.05, 0.1) is 9.40 Å². The Morgan fingerprint density at radius 2 is 2.14 bits per heavy atom. The first kappa shape index (κ1) is 15.0. The Balaban J connectivity index is 2.49. The lowest BCUT2D eigenvalue weighted by atomic mass is 10.1. The molecule has 2 rings (SSSR count). The predicted octanol–water partition coefficient (Wildman–Crippen LogP) is 3.42. The van der Waals surface area contributed by atoms with E-state index in [1.54, 1.807) is 12.1 Å². The smallest absolute Gasteiger partial charge is 0.270 e. The third-order valence-corrected chi connectivity index (χ3v) is 3.38. The Labute approximate surface area is 128 Å². The molecule has 2 N–H and O–H groups in total. The van der Waals surface area contributed by atoms with Crippen molar-refractivity contribution in [1.29, 1.82) is 0 Å². The number of nitrogens with two attached hydrogens (primary N) is 1. The minimum absolute atomic E-state index is 0.0203. The zero-order valence-electron chi connectivity index (χ0n) is 11.0. The number of carbonyl (C=O) groups excluding carboxylic acids is 1. The van der Waals surface area contributed by atoms with Gasteiger partial charge in [0.1, 0.15) is 11.5 Å². The molecule has 0 aliphatic heterocycles. The summed E-state index contributed by atoms with van der Waals surface area (Å²) >= 11 is 3.34. The van der Waals surface area contributed by atoms with E-state index in [-0.39, 0.29) is 5.69 Å². The first-order valence-corrected chi connectivity index (χ1v) is 6.70. The molecule has 1 heterocycles. The summed E-state index contributed by atoms with van der Waals surface area (Å²) in [6, 6.07) is 6.19. The summed E-state index contributed by atoms with van der Waals surface area (Å²) in [6.45, 7) is 1.83. The number of nitro benzene ring substituents is 1. The number of amides is 1. The Morgan fingerprint density at radius 3 is 2.76 bits per heavy atom. The van der Waals surface area contributed by atoms with Gasteiger partial charge in [-0.05, 0) is 40.6 Å². The van der Waals surface area contributed by atoms with Crippen LogP contribution in [0.3, 0.4) is 0 Å². The van der Waals surface area contributed by atoms with Gasteiger partial charge >= 0.3 is 0 Å². The summed E-state index contributed by atoms with van der Waals surface area (Å²) < 4.78 is 6.24. The second kappa shape index (κ2) is 5.92. The number of furan rings is 1. The van der Waals surface area contributed by atoms with Crippen molar-refractivity contribution in [3.63, 3.8) is 0 Å². The van der Waals surface area contributed by atoms with Gasteiger partial charge in [-0.25, -0.2) is 0 Å². The lowest BCUT2D eigenvalue weighted by molar-refractivity contribution is -0.384. The first-order valence-electron chi connectivity index (χ1n) is 5.90. The quantitative estimate of drug-likeness (QED) is 0.518. The van der Waals surface area contributed by atoms with Crippen molar-refractivity contribution in [3.05, 3.63) is 56.3 Å². The van der Waals surface area contributed by atoms with Gasteiger partial charge in [0.15, 0.2) is 0 Å². The predicted molar refractivity (Wildman–Crippen MR) is 81.5 cm³/mol. The van der Waals surface area contributed by atoms with E-state index < -0.39 is 10.8 Å². The SMILES string of the molecule is Cc1ccc([N+](=O)[O-])cc1-c1oc(/C=C/C(N)=O)cc1Br. The molecule has 1 aromatic heterocycles. The lowest BCUT2D eigenvalue weighted by Crippen LogP contribution is -2.04. The van der Waals surface area contributed by atoms with Crippen LogP contribution in [0.25, 0.3) is 17.4 Å². The molecule has 0 atom stereocenters. The molecule has 1 aromatic carbocycles. The molecule has 2 aromatic rings. The molecule has 7 heteroatoms. The molecule has 6 nitrogen and oxygen atoms in total. The van der Waals surface area contributed by atoms with Gasteiger partial charge in [0, 0.05) is 23.8 Å². The second-order valence-corrected chi connectivity index (χ2v) is 5.17. The zero-order valence-corrected chi connectivity index (χ0v) is 12.6. The van der Waals surface area contributed by atoms with Crippen LogP contribution in [0.2, 0.25) is 0 Å². The van der Waals surface area contributed by atoms with Crippen molar-refractivity contribution in [2.24, 2.45) is 5.73 Å². The summed E-state index contributed by atoms with van der Waals surface area (Å²) in [7, 11) is 0. The fourth-order valence-electron chi connectivity index (χ4n) is 1.78. The fraction of sp³-hybridized carbons (Fsp3) is 0.0714. The number of primary amides is 1. The van der Waals surface area contributed by atoms with Crippen molar-refractivity contribution < 1.29 is 14.1 Å². The molecular weight excluding hydrogens is 340 g/mol. The fourth-order valence-corrected chi connectivity index (χ4v) is 2.30. The second-order valence-electron chi connectivity index (χ2n) is 4.32. The van der Waals surface area contributed by atoms with Crippen LogP contribution in [-0.4, -0.2) is 10.8 Å². The number of aryl methyl sites for hydroxylation is 1. The largest absolute Gasteiger partial charge is 0.455 e. The highest BCUT2D eigenvalue weighted by atomic mass is 79.9. The molecule has 21 heavy (non-hydrogen) atoms. The Bertz CT molecular complexity index is 749. The average Bonchev–Trinajstić information content (AvgIpc) is 2.78. The molecule has 0 aliphatic rings. The van der Waals surface area contributed by atoms with Gasteiger partial charge in [-0.1, -0.05) is 6.07 Å². The Kier molecular flexibility index (Phi) is 4.23. The molecule has 0 unspecified atom stereocenters. The molecule has 0 saturated carbocycles. The van der Waals surface area contributed by atoms with Crippen LogP contribution in [0.5, 0.6) is 0 Å². The minimum atomic E-state index is -0.587. The number of benzene rings is 1. The number of rotatable bonds is 4. The van der Waals surface area contributed by atoms with E-state index in [4.69, 9.17) is 10.2 Å². The van der Waals surface area contributed by atoms with Crippen LogP contribution >= 0.6 is 15.9 Å². The van der Waals surface area contributed by atoms with E-state index in [0.29, 0.717) is 21.6 Å². The molecule has 0 aliphatic carbocycles. The third kappa shape index (κ3) is 3.38. The monoisotopic (exact) mass is 350 g/mol. The van der Waals surface area contributed by atoms with E-state index in [1.807, 2.05) is 6.92 Å². The third-order valence-electron chi connectivity index (χ3n) is 2.79. The normalized spacial score (nSPS) is 11.0. The maximum atomic E-state index is 10.9. The Hall–Kier alpha value is -2.41. The number of nitrogens with zero attached hydrogens (tertiary/aromatic N) is 1. The van der Waals surface area contributed by atoms with Gasteiger partial charge in [0.25, 0.3) is 5.69 Å². The number of hydrogen-bond donors (Lipinski definition) is 1. The maximum absolute atomic E-state index is 10.9. The van der Waals surface area contributed by atoms with Crippen LogP contribution in [0.4, 0.5) is 5.69 Å². The van der Waals surface area contributed by atoms with Gasteiger partial charge in [-0.2, -0.15) is 0 Å². The van der Waals surface area contributed by atoms with Gasteiger partial charge < -0.3 is 10.2 Å². The number of halogens is 1. The van der Waals surface area contributed by atoms with Crippen molar-refractivity contribution >= 4 is 33.6 Å². The number of hydrogen-bond acceptors (Lipinski definition) is 4. The lowest BCUT2D eigenvalue weighted by Gasteiger charge is -2.03. The highest BCUT2D eigenvalue weighted by molar-refractivity contribution is 9.10. The van der Waals surface area contributed by atoms with Crippen LogP contribution < -0.4 is 5.73 Å². The minimum Gasteiger partial charge on any atom is -0.455 e.